The van der Waals surface area contributed by atoms with Gasteiger partial charge in [-0.15, -0.1) is 0 Å². The maximum absolute atomic E-state index is 13.2. The van der Waals surface area contributed by atoms with Crippen LogP contribution in [0.15, 0.2) is 0 Å². The van der Waals surface area contributed by atoms with Crippen LogP contribution in [0.5, 0.6) is 0 Å². The van der Waals surface area contributed by atoms with Crippen molar-refractivity contribution in [3.05, 3.63) is 0 Å². The lowest BCUT2D eigenvalue weighted by molar-refractivity contribution is -0.140. The minimum absolute atomic E-state index is 0.122. The molecule has 0 aromatic heterocycles. The molecule has 0 aliphatic carbocycles. The van der Waals surface area contributed by atoms with E-state index in [-0.39, 0.29) is 163 Å². The molecule has 0 rings (SSSR count). The van der Waals surface area contributed by atoms with Gasteiger partial charge in [-0.25, -0.2) is 0 Å². The standard InChI is InChI=1S/C40H74N12O17/c41-29(40(68)69)5-1-3-8-47-39(67)30(48-31(53)21-42-9-14-50(26-36(61)62)19-20-52(28-38(65)66)16-12-45-24-35(59)60)6-2-4-7-46-32(54)25-49(13-10-43-22-33(55)56)17-18-51(27-37(63)64)15-11-44-23-34(57)58/h29-30,42-45H,1-28,41H2,(H,46,54)(H,47,67)(H,48,53)(H,55,56)(H,57,58)(H,59,60)(H,61,62)(H,63,64)(H,65,66)(H,68,69). The van der Waals surface area contributed by atoms with Gasteiger partial charge in [-0.1, -0.05) is 0 Å². The highest BCUT2D eigenvalue weighted by atomic mass is 16.4. The summed E-state index contributed by atoms with van der Waals surface area (Å²) in [5.41, 5.74) is 5.55. The van der Waals surface area contributed by atoms with E-state index >= 15 is 0 Å². The molecule has 69 heavy (non-hydrogen) atoms. The fraction of sp³-hybridized carbons (Fsp3) is 0.750. The average Bonchev–Trinajstić information content (AvgIpc) is 3.25. The van der Waals surface area contributed by atoms with Crippen LogP contribution in [-0.2, 0) is 47.9 Å². The maximum atomic E-state index is 13.2. The molecule has 0 aromatic rings. The van der Waals surface area contributed by atoms with Gasteiger partial charge < -0.3 is 78.7 Å². The van der Waals surface area contributed by atoms with Gasteiger partial charge in [0.15, 0.2) is 0 Å². The SMILES string of the molecule is NC(CCCCNC(=O)C(CCCCNC(=O)CN(CCNCC(=O)O)CCN(CCNCC(=O)O)CC(=O)O)NC(=O)CNCCN(CCN(CCNCC(=O)O)CC(=O)O)CC(=O)O)C(=O)O. The van der Waals surface area contributed by atoms with Crippen molar-refractivity contribution in [3.8, 4) is 0 Å². The molecule has 0 saturated heterocycles. The number of hydrogen-bond donors (Lipinski definition) is 15. The largest absolute Gasteiger partial charge is 0.480 e. The molecule has 16 N–H and O–H groups in total. The van der Waals surface area contributed by atoms with Crippen molar-refractivity contribution < 1.29 is 83.7 Å². The van der Waals surface area contributed by atoms with Crippen LogP contribution in [0, 0.1) is 0 Å². The van der Waals surface area contributed by atoms with Crippen molar-refractivity contribution in [2.45, 2.75) is 50.6 Å². The molecule has 0 spiro atoms. The minimum Gasteiger partial charge on any atom is -0.480 e. The van der Waals surface area contributed by atoms with Crippen molar-refractivity contribution >= 4 is 59.5 Å². The molecule has 0 aromatic carbocycles. The number of aliphatic carboxylic acids is 7. The smallest absolute Gasteiger partial charge is 0.320 e. The molecule has 0 radical (unpaired) electrons. The Balaban J connectivity index is 5.43. The number of rotatable bonds is 47. The summed E-state index contributed by atoms with van der Waals surface area (Å²) in [6.07, 6.45) is 1.92. The first-order chi connectivity index (χ1) is 32.7. The predicted molar refractivity (Wildman–Crippen MR) is 244 cm³/mol. The fourth-order valence-corrected chi connectivity index (χ4v) is 6.38. The van der Waals surface area contributed by atoms with Crippen LogP contribution in [0.1, 0.15) is 38.5 Å². The third-order valence-corrected chi connectivity index (χ3v) is 9.89. The molecule has 396 valence electrons. The highest BCUT2D eigenvalue weighted by Gasteiger charge is 2.22. The highest BCUT2D eigenvalue weighted by Crippen LogP contribution is 2.04. The lowest BCUT2D eigenvalue weighted by Crippen LogP contribution is -2.50. The Labute approximate surface area is 399 Å². The molecule has 0 heterocycles. The van der Waals surface area contributed by atoms with Gasteiger partial charge in [0, 0.05) is 91.6 Å². The first-order valence-corrected chi connectivity index (χ1v) is 22.5. The second-order valence-corrected chi connectivity index (χ2v) is 15.9. The van der Waals surface area contributed by atoms with Crippen LogP contribution < -0.4 is 43.0 Å². The van der Waals surface area contributed by atoms with Crippen LogP contribution in [0.25, 0.3) is 0 Å². The number of hydrogen-bond acceptors (Lipinski definition) is 19. The molecular formula is C40H74N12O17. The molecule has 3 amide bonds. The molecule has 0 bridgehead atoms. The van der Waals surface area contributed by atoms with Crippen molar-refractivity contribution in [3.63, 3.8) is 0 Å². The zero-order chi connectivity index (χ0) is 52.0. The molecule has 0 aliphatic heterocycles. The van der Waals surface area contributed by atoms with E-state index in [9.17, 15) is 63.3 Å². The lowest BCUT2D eigenvalue weighted by atomic mass is 10.1. The summed E-state index contributed by atoms with van der Waals surface area (Å²) in [7, 11) is 0. The predicted octanol–water partition coefficient (Wildman–Crippen LogP) is -6.47. The van der Waals surface area contributed by atoms with Gasteiger partial charge in [0.2, 0.25) is 17.7 Å². The summed E-state index contributed by atoms with van der Waals surface area (Å²) >= 11 is 0. The second kappa shape index (κ2) is 39.2. The van der Waals surface area contributed by atoms with E-state index in [2.05, 4.69) is 37.2 Å². The molecule has 0 fully saturated rings. The number of amides is 3. The van der Waals surface area contributed by atoms with Crippen LogP contribution >= 0.6 is 0 Å². The van der Waals surface area contributed by atoms with E-state index in [0.29, 0.717) is 25.7 Å². The van der Waals surface area contributed by atoms with Crippen molar-refractivity contribution in [2.75, 3.05) is 144 Å². The van der Waals surface area contributed by atoms with Crippen LogP contribution in [-0.4, -0.2) is 271 Å². The Hall–Kier alpha value is -5.66. The van der Waals surface area contributed by atoms with Gasteiger partial charge in [-0.2, -0.15) is 0 Å². The maximum Gasteiger partial charge on any atom is 0.320 e. The summed E-state index contributed by atoms with van der Waals surface area (Å²) in [4.78, 5) is 124. The van der Waals surface area contributed by atoms with Gasteiger partial charge in [-0.3, -0.25) is 67.5 Å². The van der Waals surface area contributed by atoms with Gasteiger partial charge in [-0.05, 0) is 38.5 Å². The van der Waals surface area contributed by atoms with Gasteiger partial charge in [0.25, 0.3) is 0 Å². The van der Waals surface area contributed by atoms with Gasteiger partial charge in [0.05, 0.1) is 52.4 Å². The monoisotopic (exact) mass is 995 g/mol. The molecule has 0 aliphatic rings. The van der Waals surface area contributed by atoms with E-state index in [1.165, 1.54) is 9.80 Å². The number of unbranched alkanes of at least 4 members (excludes halogenated alkanes) is 2. The van der Waals surface area contributed by atoms with E-state index in [0.717, 1.165) is 0 Å². The first kappa shape index (κ1) is 63.3. The number of carbonyl (C=O) groups is 10. The number of nitrogens with zero attached hydrogens (tertiary/aromatic N) is 4. The third kappa shape index (κ3) is 38.9. The van der Waals surface area contributed by atoms with E-state index in [1.807, 2.05) is 0 Å². The molecule has 29 heteroatoms. The Bertz CT molecular complexity index is 1600. The van der Waals surface area contributed by atoms with Gasteiger partial charge in [0.1, 0.15) is 12.1 Å². The zero-order valence-electron chi connectivity index (χ0n) is 39.0. The third-order valence-electron chi connectivity index (χ3n) is 9.89. The van der Waals surface area contributed by atoms with Crippen molar-refractivity contribution in [1.82, 2.24) is 56.8 Å². The molecule has 2 atom stereocenters. The van der Waals surface area contributed by atoms with Crippen LogP contribution in [0.2, 0.25) is 0 Å². The van der Waals surface area contributed by atoms with Crippen LogP contribution in [0.4, 0.5) is 0 Å². The van der Waals surface area contributed by atoms with Crippen molar-refractivity contribution in [2.24, 2.45) is 5.73 Å². The topological polar surface area (TPSA) is 436 Å². The number of carboxylic acid groups (broad SMARTS) is 7. The number of carboxylic acids is 7. The Kier molecular flexibility index (Phi) is 36.0. The average molecular weight is 995 g/mol. The minimum atomic E-state index is -1.15. The summed E-state index contributed by atoms with van der Waals surface area (Å²) in [6.45, 7) is 0.179. The molecule has 0 saturated carbocycles. The summed E-state index contributed by atoms with van der Waals surface area (Å²) in [6, 6.07) is -2.06. The van der Waals surface area contributed by atoms with E-state index in [4.69, 9.17) is 26.2 Å². The Morgan fingerprint density at radius 3 is 1.13 bits per heavy atom. The number of nitrogens with one attached hydrogen (secondary N) is 7. The summed E-state index contributed by atoms with van der Waals surface area (Å²) < 4.78 is 0. The molecule has 2 unspecified atom stereocenters. The summed E-state index contributed by atoms with van der Waals surface area (Å²) in [5.74, 6) is -9.18. The zero-order valence-corrected chi connectivity index (χ0v) is 39.0. The number of nitrogens with two attached hydrogens (primary N) is 1. The quantitative estimate of drug-likeness (QED) is 0.0252. The van der Waals surface area contributed by atoms with Crippen molar-refractivity contribution in [1.29, 1.82) is 0 Å². The second-order valence-electron chi connectivity index (χ2n) is 15.9. The van der Waals surface area contributed by atoms with E-state index in [1.54, 1.807) is 9.80 Å². The number of carbonyl (C=O) groups excluding carboxylic acids is 3. The lowest BCUT2D eigenvalue weighted by Gasteiger charge is -2.26. The van der Waals surface area contributed by atoms with Crippen LogP contribution in [0.3, 0.4) is 0 Å². The summed E-state index contributed by atoms with van der Waals surface area (Å²) in [5, 5.41) is 82.9. The molecule has 29 nitrogen and oxygen atoms in total. The Morgan fingerprint density at radius 1 is 0.391 bits per heavy atom. The normalized spacial score (nSPS) is 12.2. The fourth-order valence-electron chi connectivity index (χ4n) is 6.38. The van der Waals surface area contributed by atoms with Gasteiger partial charge >= 0.3 is 41.8 Å². The van der Waals surface area contributed by atoms with E-state index < -0.39 is 65.7 Å². The first-order valence-electron chi connectivity index (χ1n) is 22.5. The molecular weight excluding hydrogens is 921 g/mol. The Morgan fingerprint density at radius 2 is 0.754 bits per heavy atom. The highest BCUT2D eigenvalue weighted by molar-refractivity contribution is 5.88.